The Hall–Kier alpha value is -4.43. The Morgan fingerprint density at radius 2 is 1.14 bits per heavy atom. The van der Waals surface area contributed by atoms with Crippen LogP contribution in [0.1, 0.15) is 39.2 Å². The minimum absolute atomic E-state index is 0.0785. The highest BCUT2D eigenvalue weighted by molar-refractivity contribution is 7.92. The van der Waals surface area contributed by atoms with E-state index >= 15 is 0 Å². The molecule has 0 aliphatic rings. The highest BCUT2D eigenvalue weighted by Gasteiger charge is 2.20. The molecule has 0 aliphatic heterocycles. The first-order valence-corrected chi connectivity index (χ1v) is 12.8. The molecular formula is C28H25N3O4S. The van der Waals surface area contributed by atoms with Gasteiger partial charge in [0.05, 0.1) is 33.4 Å². The average molecular weight is 500 g/mol. The summed E-state index contributed by atoms with van der Waals surface area (Å²) in [5.74, 6) is -0.905. The van der Waals surface area contributed by atoms with Crippen LogP contribution in [0.2, 0.25) is 0 Å². The van der Waals surface area contributed by atoms with Gasteiger partial charge in [-0.25, -0.2) is 8.42 Å². The third kappa shape index (κ3) is 5.79. The molecule has 182 valence electrons. The lowest BCUT2D eigenvalue weighted by atomic mass is 10.1. The van der Waals surface area contributed by atoms with Gasteiger partial charge in [0.25, 0.3) is 21.8 Å². The number of hydrogen-bond acceptors (Lipinski definition) is 4. The molecule has 36 heavy (non-hydrogen) atoms. The van der Waals surface area contributed by atoms with Crippen molar-refractivity contribution in [3.05, 3.63) is 126 Å². The highest BCUT2D eigenvalue weighted by atomic mass is 32.2. The predicted octanol–water partition coefficient (Wildman–Crippen LogP) is 5.23. The van der Waals surface area contributed by atoms with E-state index in [9.17, 15) is 18.0 Å². The summed E-state index contributed by atoms with van der Waals surface area (Å²) in [6.45, 7) is 1.88. The van der Waals surface area contributed by atoms with Crippen molar-refractivity contribution < 1.29 is 18.0 Å². The molecule has 0 heterocycles. The second-order valence-corrected chi connectivity index (χ2v) is 9.75. The maximum absolute atomic E-state index is 13.2. The van der Waals surface area contributed by atoms with Crippen molar-refractivity contribution in [2.45, 2.75) is 17.9 Å². The Labute approximate surface area is 210 Å². The number of anilines is 2. The molecule has 1 atom stereocenters. The van der Waals surface area contributed by atoms with E-state index in [1.54, 1.807) is 54.6 Å². The first kappa shape index (κ1) is 24.7. The highest BCUT2D eigenvalue weighted by Crippen LogP contribution is 2.23. The van der Waals surface area contributed by atoms with Crippen LogP contribution < -0.4 is 15.4 Å². The number of carbonyl (C=O) groups is 2. The van der Waals surface area contributed by atoms with Crippen molar-refractivity contribution in [3.63, 3.8) is 0 Å². The number of sulfonamides is 1. The molecule has 0 aliphatic carbocycles. The smallest absolute Gasteiger partial charge is 0.261 e. The Bertz CT molecular complexity index is 1470. The van der Waals surface area contributed by atoms with Crippen LogP contribution in [0.15, 0.2) is 114 Å². The number of nitrogens with one attached hydrogen (secondary N) is 3. The minimum Gasteiger partial charge on any atom is -0.345 e. The van der Waals surface area contributed by atoms with Gasteiger partial charge in [0.15, 0.2) is 0 Å². The number of para-hydroxylation sites is 2. The molecule has 0 spiro atoms. The first-order valence-electron chi connectivity index (χ1n) is 11.3. The quantitative estimate of drug-likeness (QED) is 0.309. The van der Waals surface area contributed by atoms with Crippen LogP contribution in [0, 0.1) is 0 Å². The van der Waals surface area contributed by atoms with Crippen LogP contribution in [-0.4, -0.2) is 20.2 Å². The van der Waals surface area contributed by atoms with Gasteiger partial charge in [-0.15, -0.1) is 0 Å². The summed E-state index contributed by atoms with van der Waals surface area (Å²) in [4.78, 5) is 26.3. The number of hydrogen-bond donors (Lipinski definition) is 3. The lowest BCUT2D eigenvalue weighted by molar-refractivity contribution is 0.0940. The summed E-state index contributed by atoms with van der Waals surface area (Å²) < 4.78 is 28.1. The summed E-state index contributed by atoms with van der Waals surface area (Å²) >= 11 is 0. The maximum Gasteiger partial charge on any atom is 0.261 e. The van der Waals surface area contributed by atoms with Gasteiger partial charge in [0.2, 0.25) is 0 Å². The topological polar surface area (TPSA) is 104 Å². The van der Waals surface area contributed by atoms with E-state index in [1.807, 2.05) is 37.3 Å². The monoisotopic (exact) mass is 499 g/mol. The van der Waals surface area contributed by atoms with Crippen molar-refractivity contribution in [1.29, 1.82) is 0 Å². The van der Waals surface area contributed by atoms with Gasteiger partial charge in [-0.2, -0.15) is 0 Å². The van der Waals surface area contributed by atoms with Crippen LogP contribution >= 0.6 is 0 Å². The summed E-state index contributed by atoms with van der Waals surface area (Å²) in [7, 11) is -3.90. The van der Waals surface area contributed by atoms with Gasteiger partial charge >= 0.3 is 0 Å². The summed E-state index contributed by atoms with van der Waals surface area (Å²) in [6, 6.07) is 30.1. The largest absolute Gasteiger partial charge is 0.345 e. The minimum atomic E-state index is -3.90. The fourth-order valence-electron chi connectivity index (χ4n) is 3.65. The first-order chi connectivity index (χ1) is 17.3. The lowest BCUT2D eigenvalue weighted by Gasteiger charge is -2.17. The standard InChI is InChI=1S/C28H25N3O4S/c1-20(21-12-4-2-5-13-21)29-27(32)23-16-8-10-18-25(23)30-28(33)24-17-9-11-19-26(24)31-36(34,35)22-14-6-3-7-15-22/h2-20,31H,1H3,(H,29,32)(H,30,33)/t20-/m0/s1. The third-order valence-electron chi connectivity index (χ3n) is 5.54. The molecule has 0 bridgehead atoms. The van der Waals surface area contributed by atoms with Crippen molar-refractivity contribution in [2.75, 3.05) is 10.0 Å². The van der Waals surface area contributed by atoms with E-state index in [0.29, 0.717) is 5.69 Å². The van der Waals surface area contributed by atoms with Crippen molar-refractivity contribution in [1.82, 2.24) is 5.32 Å². The fourth-order valence-corrected chi connectivity index (χ4v) is 4.75. The van der Waals surface area contributed by atoms with Gasteiger partial charge in [0, 0.05) is 0 Å². The molecular weight excluding hydrogens is 474 g/mol. The molecule has 4 rings (SSSR count). The molecule has 8 heteroatoms. The second-order valence-electron chi connectivity index (χ2n) is 8.07. The molecule has 0 aromatic heterocycles. The van der Waals surface area contributed by atoms with Crippen LogP contribution in [0.3, 0.4) is 0 Å². The zero-order chi connectivity index (χ0) is 25.5. The maximum atomic E-state index is 13.2. The molecule has 4 aromatic carbocycles. The molecule has 0 saturated heterocycles. The average Bonchev–Trinajstić information content (AvgIpc) is 2.90. The molecule has 0 fully saturated rings. The van der Waals surface area contributed by atoms with Crippen molar-refractivity contribution in [3.8, 4) is 0 Å². The Kier molecular flexibility index (Phi) is 7.46. The lowest BCUT2D eigenvalue weighted by Crippen LogP contribution is -2.28. The molecule has 0 saturated carbocycles. The number of carbonyl (C=O) groups excluding carboxylic acids is 2. The molecule has 4 aromatic rings. The van der Waals surface area contributed by atoms with Gasteiger partial charge in [-0.3, -0.25) is 14.3 Å². The van der Waals surface area contributed by atoms with Gasteiger partial charge in [-0.1, -0.05) is 72.8 Å². The van der Waals surface area contributed by atoms with Crippen LogP contribution in [0.25, 0.3) is 0 Å². The number of benzene rings is 4. The summed E-state index contributed by atoms with van der Waals surface area (Å²) in [6.07, 6.45) is 0. The van der Waals surface area contributed by atoms with E-state index < -0.39 is 15.9 Å². The van der Waals surface area contributed by atoms with Gasteiger partial charge in [0.1, 0.15) is 0 Å². The summed E-state index contributed by atoms with van der Waals surface area (Å²) in [5, 5.41) is 5.70. The van der Waals surface area contributed by atoms with E-state index in [1.165, 1.54) is 24.3 Å². The normalized spacial score (nSPS) is 11.8. The second kappa shape index (κ2) is 10.9. The Morgan fingerprint density at radius 1 is 0.639 bits per heavy atom. The molecule has 2 amide bonds. The SMILES string of the molecule is C[C@H](NC(=O)c1ccccc1NC(=O)c1ccccc1NS(=O)(=O)c1ccccc1)c1ccccc1. The Balaban J connectivity index is 1.55. The van der Waals surface area contributed by atoms with E-state index in [-0.39, 0.29) is 33.7 Å². The molecule has 0 radical (unpaired) electrons. The third-order valence-corrected chi connectivity index (χ3v) is 6.92. The zero-order valence-electron chi connectivity index (χ0n) is 19.5. The fraction of sp³-hybridized carbons (Fsp3) is 0.0714. The van der Waals surface area contributed by atoms with Gasteiger partial charge < -0.3 is 10.6 Å². The van der Waals surface area contributed by atoms with Crippen LogP contribution in [0.5, 0.6) is 0 Å². The predicted molar refractivity (Wildman–Crippen MR) is 140 cm³/mol. The van der Waals surface area contributed by atoms with Crippen LogP contribution in [0.4, 0.5) is 11.4 Å². The Morgan fingerprint density at radius 3 is 1.78 bits per heavy atom. The number of amides is 2. The van der Waals surface area contributed by atoms with E-state index in [0.717, 1.165) is 5.56 Å². The molecule has 3 N–H and O–H groups in total. The molecule has 0 unspecified atom stereocenters. The number of rotatable bonds is 8. The van der Waals surface area contributed by atoms with E-state index in [4.69, 9.17) is 0 Å². The zero-order valence-corrected chi connectivity index (χ0v) is 20.3. The molecule has 7 nitrogen and oxygen atoms in total. The van der Waals surface area contributed by atoms with Crippen molar-refractivity contribution >= 4 is 33.2 Å². The van der Waals surface area contributed by atoms with E-state index in [2.05, 4.69) is 15.4 Å². The van der Waals surface area contributed by atoms with Crippen LogP contribution in [-0.2, 0) is 10.0 Å². The summed E-state index contributed by atoms with van der Waals surface area (Å²) in [5.41, 5.74) is 1.78. The van der Waals surface area contributed by atoms with Crippen molar-refractivity contribution in [2.24, 2.45) is 0 Å². The van der Waals surface area contributed by atoms with Gasteiger partial charge in [-0.05, 0) is 48.9 Å².